The van der Waals surface area contributed by atoms with Crippen molar-refractivity contribution in [3.05, 3.63) is 5.56 Å². The molecule has 3 heterocycles. The second-order valence-corrected chi connectivity index (χ2v) is 5.99. The summed E-state index contributed by atoms with van der Waals surface area (Å²) in [4.78, 5) is 22.0. The molecule has 1 aromatic rings. The van der Waals surface area contributed by atoms with E-state index in [4.69, 9.17) is 21.9 Å². The first kappa shape index (κ1) is 14.8. The Labute approximate surface area is 129 Å². The first-order chi connectivity index (χ1) is 10.5. The molecule has 3 rings (SSSR count). The first-order valence-electron chi connectivity index (χ1n) is 7.62. The Balaban J connectivity index is 1.74. The number of hydrogen-bond donors (Lipinski definition) is 3. The van der Waals surface area contributed by atoms with E-state index in [9.17, 15) is 4.79 Å². The lowest BCUT2D eigenvalue weighted by Crippen LogP contribution is -2.37. The van der Waals surface area contributed by atoms with E-state index in [1.807, 2.05) is 4.90 Å². The summed E-state index contributed by atoms with van der Waals surface area (Å²) in [6.45, 7) is 1.78. The number of fused-ring (bicyclic) bond motifs is 1. The molecule has 0 saturated carbocycles. The van der Waals surface area contributed by atoms with Crippen LogP contribution in [0.3, 0.4) is 0 Å². The second kappa shape index (κ2) is 5.60. The van der Waals surface area contributed by atoms with Gasteiger partial charge in [0.05, 0.1) is 5.56 Å². The van der Waals surface area contributed by atoms with E-state index in [1.165, 1.54) is 0 Å². The molecule has 0 aromatic carbocycles. The quantitative estimate of drug-likeness (QED) is 0.681. The Morgan fingerprint density at radius 2 is 2.09 bits per heavy atom. The van der Waals surface area contributed by atoms with Crippen LogP contribution in [0.2, 0.25) is 0 Å². The van der Waals surface area contributed by atoms with Crippen LogP contribution in [0.15, 0.2) is 0 Å². The van der Waals surface area contributed by atoms with Crippen LogP contribution in [-0.4, -0.2) is 46.0 Å². The molecule has 0 aliphatic carbocycles. The Bertz CT molecular complexity index is 593. The number of carbonyl (C=O) groups excluding carboxylic acids is 1. The van der Waals surface area contributed by atoms with Gasteiger partial charge in [0.15, 0.2) is 0 Å². The molecule has 22 heavy (non-hydrogen) atoms. The number of nitrogen functional groups attached to an aromatic ring is 2. The minimum atomic E-state index is -0.351. The molecule has 0 bridgehead atoms. The van der Waals surface area contributed by atoms with E-state index in [0.29, 0.717) is 37.6 Å². The largest absolute Gasteiger partial charge is 0.470 e. The highest BCUT2D eigenvalue weighted by atomic mass is 16.5. The number of likely N-dealkylation sites (tertiary alicyclic amines) is 1. The molecular weight excluding hydrogens is 284 g/mol. The molecule has 8 nitrogen and oxygen atoms in total. The lowest BCUT2D eigenvalue weighted by molar-refractivity contribution is -0.131. The standard InChI is InChI=1S/C14H22N6O2/c15-5-2-10(21)20-6-1-3-14(4-7-20)8-9-11(16)18-13(17)19-12(9)22-14/h1-8,15H2,(H4,16,17,18,19). The lowest BCUT2D eigenvalue weighted by atomic mass is 9.90. The van der Waals surface area contributed by atoms with Crippen molar-refractivity contribution in [1.29, 1.82) is 0 Å². The molecule has 120 valence electrons. The van der Waals surface area contributed by atoms with Gasteiger partial charge in [-0.2, -0.15) is 9.97 Å². The van der Waals surface area contributed by atoms with Crippen LogP contribution in [0.4, 0.5) is 11.8 Å². The highest BCUT2D eigenvalue weighted by molar-refractivity contribution is 5.76. The van der Waals surface area contributed by atoms with Crippen LogP contribution in [0.5, 0.6) is 5.88 Å². The summed E-state index contributed by atoms with van der Waals surface area (Å²) >= 11 is 0. The third-order valence-corrected chi connectivity index (χ3v) is 4.44. The van der Waals surface area contributed by atoms with Gasteiger partial charge in [-0.25, -0.2) is 0 Å². The van der Waals surface area contributed by atoms with E-state index < -0.39 is 0 Å². The SMILES string of the molecule is NCCC(=O)N1CCCC2(CC1)Cc1c(N)nc(N)nc1O2. The van der Waals surface area contributed by atoms with Crippen LogP contribution in [0, 0.1) is 0 Å². The van der Waals surface area contributed by atoms with Crippen molar-refractivity contribution >= 4 is 17.7 Å². The Hall–Kier alpha value is -2.09. The fourth-order valence-electron chi connectivity index (χ4n) is 3.29. The minimum Gasteiger partial charge on any atom is -0.470 e. The summed E-state index contributed by atoms with van der Waals surface area (Å²) in [7, 11) is 0. The number of anilines is 2. The topological polar surface area (TPSA) is 133 Å². The normalized spacial score (nSPS) is 24.0. The van der Waals surface area contributed by atoms with Crippen LogP contribution in [-0.2, 0) is 11.2 Å². The monoisotopic (exact) mass is 306 g/mol. The number of hydrogen-bond acceptors (Lipinski definition) is 7. The highest BCUT2D eigenvalue weighted by Gasteiger charge is 2.43. The maximum atomic E-state index is 12.0. The van der Waals surface area contributed by atoms with Crippen molar-refractivity contribution in [2.75, 3.05) is 31.1 Å². The molecule has 1 aromatic heterocycles. The summed E-state index contributed by atoms with van der Waals surface area (Å²) in [6.07, 6.45) is 3.55. The average Bonchev–Trinajstić information content (AvgIpc) is 2.68. The zero-order valence-corrected chi connectivity index (χ0v) is 12.5. The molecule has 1 spiro atoms. The zero-order valence-electron chi connectivity index (χ0n) is 12.5. The van der Waals surface area contributed by atoms with E-state index in [2.05, 4.69) is 9.97 Å². The van der Waals surface area contributed by atoms with Crippen LogP contribution < -0.4 is 21.9 Å². The molecule has 1 saturated heterocycles. The smallest absolute Gasteiger partial charge is 0.225 e. The minimum absolute atomic E-state index is 0.110. The van der Waals surface area contributed by atoms with Gasteiger partial charge in [-0.1, -0.05) is 0 Å². The average molecular weight is 306 g/mol. The summed E-state index contributed by atoms with van der Waals surface area (Å²) in [5.74, 6) is 1.12. The van der Waals surface area contributed by atoms with E-state index in [1.54, 1.807) is 0 Å². The van der Waals surface area contributed by atoms with E-state index >= 15 is 0 Å². The number of rotatable bonds is 2. The fourth-order valence-corrected chi connectivity index (χ4v) is 3.29. The van der Waals surface area contributed by atoms with Crippen LogP contribution in [0.25, 0.3) is 0 Å². The lowest BCUT2D eigenvalue weighted by Gasteiger charge is -2.27. The van der Waals surface area contributed by atoms with Gasteiger partial charge >= 0.3 is 0 Å². The molecule has 2 aliphatic heterocycles. The Morgan fingerprint density at radius 3 is 2.86 bits per heavy atom. The van der Waals surface area contributed by atoms with E-state index in [0.717, 1.165) is 31.4 Å². The van der Waals surface area contributed by atoms with Gasteiger partial charge in [0.2, 0.25) is 17.7 Å². The molecule has 6 N–H and O–H groups in total. The third-order valence-electron chi connectivity index (χ3n) is 4.44. The van der Waals surface area contributed by atoms with Gasteiger partial charge in [-0.3, -0.25) is 4.79 Å². The number of nitrogens with zero attached hydrogens (tertiary/aromatic N) is 3. The molecule has 1 unspecified atom stereocenters. The number of aromatic nitrogens is 2. The van der Waals surface area contributed by atoms with Gasteiger partial charge in [-0.05, 0) is 12.8 Å². The van der Waals surface area contributed by atoms with Gasteiger partial charge in [0.25, 0.3) is 0 Å². The maximum absolute atomic E-state index is 12.0. The molecule has 1 amide bonds. The number of amides is 1. The molecule has 1 atom stereocenters. The number of nitrogens with two attached hydrogens (primary N) is 3. The zero-order chi connectivity index (χ0) is 15.7. The molecule has 1 fully saturated rings. The van der Waals surface area contributed by atoms with Crippen molar-refractivity contribution in [3.8, 4) is 5.88 Å². The number of carbonyl (C=O) groups is 1. The van der Waals surface area contributed by atoms with E-state index in [-0.39, 0.29) is 17.5 Å². The van der Waals surface area contributed by atoms with Crippen molar-refractivity contribution < 1.29 is 9.53 Å². The summed E-state index contributed by atoms with van der Waals surface area (Å²) < 4.78 is 6.09. The first-order valence-corrected chi connectivity index (χ1v) is 7.62. The van der Waals surface area contributed by atoms with Gasteiger partial charge in [0, 0.05) is 38.9 Å². The fraction of sp³-hybridized carbons (Fsp3) is 0.643. The summed E-state index contributed by atoms with van der Waals surface area (Å²) in [5.41, 5.74) is 17.5. The number of ether oxygens (including phenoxy) is 1. The van der Waals surface area contributed by atoms with Gasteiger partial charge in [0.1, 0.15) is 11.4 Å². The summed E-state index contributed by atoms with van der Waals surface area (Å²) in [5, 5.41) is 0. The predicted octanol–water partition coefficient (Wildman–Crippen LogP) is -0.324. The second-order valence-electron chi connectivity index (χ2n) is 5.99. The van der Waals surface area contributed by atoms with Crippen LogP contribution >= 0.6 is 0 Å². The van der Waals surface area contributed by atoms with Crippen molar-refractivity contribution in [3.63, 3.8) is 0 Å². The molecule has 0 radical (unpaired) electrons. The maximum Gasteiger partial charge on any atom is 0.225 e. The van der Waals surface area contributed by atoms with Gasteiger partial charge in [-0.15, -0.1) is 0 Å². The van der Waals surface area contributed by atoms with Crippen molar-refractivity contribution in [1.82, 2.24) is 14.9 Å². The third kappa shape index (κ3) is 2.66. The molecular formula is C14H22N6O2. The molecule has 2 aliphatic rings. The van der Waals surface area contributed by atoms with Crippen molar-refractivity contribution in [2.45, 2.75) is 37.7 Å². The highest BCUT2D eigenvalue weighted by Crippen LogP contribution is 2.42. The predicted molar refractivity (Wildman–Crippen MR) is 82.0 cm³/mol. The van der Waals surface area contributed by atoms with Crippen molar-refractivity contribution in [2.24, 2.45) is 5.73 Å². The van der Waals surface area contributed by atoms with Crippen LogP contribution in [0.1, 0.15) is 31.2 Å². The Morgan fingerprint density at radius 1 is 1.27 bits per heavy atom. The summed E-state index contributed by atoms with van der Waals surface area (Å²) in [6, 6.07) is 0. The Kier molecular flexibility index (Phi) is 3.78. The molecule has 8 heteroatoms. The van der Waals surface area contributed by atoms with Gasteiger partial charge < -0.3 is 26.8 Å².